The number of aliphatic hydroxyl groups is 1. The Hall–Kier alpha value is -0.0500. The average Bonchev–Trinajstić information content (AvgIpc) is 2.49. The Morgan fingerprint density at radius 1 is 1.54 bits per heavy atom. The van der Waals surface area contributed by atoms with Crippen LogP contribution >= 0.6 is 22.9 Å². The number of hydrogen-bond acceptors (Lipinski definition) is 2. The SMILES string of the molecule is CCC(O)C(C)Cc1ccc(Cl)s1. The monoisotopic (exact) mass is 218 g/mol. The van der Waals surface area contributed by atoms with Crippen molar-refractivity contribution in [2.24, 2.45) is 5.92 Å². The summed E-state index contributed by atoms with van der Waals surface area (Å²) < 4.78 is 0.827. The van der Waals surface area contributed by atoms with Gasteiger partial charge >= 0.3 is 0 Å². The highest BCUT2D eigenvalue weighted by Crippen LogP contribution is 2.25. The normalized spacial score (nSPS) is 15.7. The van der Waals surface area contributed by atoms with E-state index in [4.69, 9.17) is 11.6 Å². The van der Waals surface area contributed by atoms with Gasteiger partial charge in [-0.05, 0) is 30.9 Å². The van der Waals surface area contributed by atoms with Gasteiger partial charge in [-0.2, -0.15) is 0 Å². The molecule has 1 aromatic heterocycles. The molecule has 1 nitrogen and oxygen atoms in total. The summed E-state index contributed by atoms with van der Waals surface area (Å²) in [4.78, 5) is 1.25. The smallest absolute Gasteiger partial charge is 0.0931 e. The largest absolute Gasteiger partial charge is 0.393 e. The Kier molecular flexibility index (Phi) is 4.23. The number of thiophene rings is 1. The quantitative estimate of drug-likeness (QED) is 0.822. The number of rotatable bonds is 4. The summed E-state index contributed by atoms with van der Waals surface area (Å²) in [6.07, 6.45) is 1.55. The van der Waals surface area contributed by atoms with Gasteiger partial charge in [-0.15, -0.1) is 11.3 Å². The maximum Gasteiger partial charge on any atom is 0.0931 e. The summed E-state index contributed by atoms with van der Waals surface area (Å²) in [6.45, 7) is 4.07. The molecule has 0 aliphatic rings. The zero-order valence-electron chi connectivity index (χ0n) is 7.96. The zero-order valence-corrected chi connectivity index (χ0v) is 9.53. The predicted octanol–water partition coefficient (Wildman–Crippen LogP) is 3.35. The van der Waals surface area contributed by atoms with Crippen LogP contribution in [-0.2, 0) is 6.42 Å². The molecule has 13 heavy (non-hydrogen) atoms. The van der Waals surface area contributed by atoms with Crippen molar-refractivity contribution in [1.29, 1.82) is 0 Å². The Morgan fingerprint density at radius 3 is 2.69 bits per heavy atom. The van der Waals surface area contributed by atoms with Crippen LogP contribution in [0.15, 0.2) is 12.1 Å². The molecule has 0 bridgehead atoms. The molecule has 0 amide bonds. The molecular formula is C10H15ClOS. The highest BCUT2D eigenvalue weighted by Gasteiger charge is 2.13. The van der Waals surface area contributed by atoms with Gasteiger partial charge in [-0.3, -0.25) is 0 Å². The lowest BCUT2D eigenvalue weighted by Crippen LogP contribution is -2.17. The van der Waals surface area contributed by atoms with E-state index in [0.717, 1.165) is 17.2 Å². The van der Waals surface area contributed by atoms with Crippen LogP contribution in [-0.4, -0.2) is 11.2 Å². The van der Waals surface area contributed by atoms with Crippen LogP contribution in [0.5, 0.6) is 0 Å². The second-order valence-corrected chi connectivity index (χ2v) is 5.16. The van der Waals surface area contributed by atoms with Crippen molar-refractivity contribution in [3.8, 4) is 0 Å². The fourth-order valence-electron chi connectivity index (χ4n) is 1.32. The molecule has 0 saturated heterocycles. The third kappa shape index (κ3) is 3.29. The van der Waals surface area contributed by atoms with E-state index >= 15 is 0 Å². The van der Waals surface area contributed by atoms with E-state index < -0.39 is 0 Å². The van der Waals surface area contributed by atoms with Gasteiger partial charge in [0.15, 0.2) is 0 Å². The summed E-state index contributed by atoms with van der Waals surface area (Å²) in [5.74, 6) is 0.319. The van der Waals surface area contributed by atoms with E-state index in [1.807, 2.05) is 19.1 Å². The third-order valence-electron chi connectivity index (χ3n) is 2.23. The Morgan fingerprint density at radius 2 is 2.23 bits per heavy atom. The maximum absolute atomic E-state index is 9.57. The van der Waals surface area contributed by atoms with Crippen LogP contribution in [0.25, 0.3) is 0 Å². The van der Waals surface area contributed by atoms with Crippen LogP contribution < -0.4 is 0 Å². The molecule has 0 aliphatic carbocycles. The Bertz CT molecular complexity index is 259. The fraction of sp³-hybridized carbons (Fsp3) is 0.600. The molecule has 1 aromatic rings. The van der Waals surface area contributed by atoms with Gasteiger partial charge in [0.2, 0.25) is 0 Å². The van der Waals surface area contributed by atoms with Crippen molar-refractivity contribution in [3.63, 3.8) is 0 Å². The Labute approximate surface area is 88.4 Å². The van der Waals surface area contributed by atoms with Crippen LogP contribution in [0.4, 0.5) is 0 Å². The molecule has 0 radical (unpaired) electrons. The summed E-state index contributed by atoms with van der Waals surface area (Å²) in [5, 5.41) is 9.57. The van der Waals surface area contributed by atoms with Crippen molar-refractivity contribution in [1.82, 2.24) is 0 Å². The topological polar surface area (TPSA) is 20.2 Å². The molecular weight excluding hydrogens is 204 g/mol. The van der Waals surface area contributed by atoms with Crippen LogP contribution in [0, 0.1) is 5.92 Å². The number of hydrogen-bond donors (Lipinski definition) is 1. The van der Waals surface area contributed by atoms with E-state index in [-0.39, 0.29) is 6.10 Å². The summed E-state index contributed by atoms with van der Waals surface area (Å²) in [7, 11) is 0. The fourth-order valence-corrected chi connectivity index (χ4v) is 2.55. The second-order valence-electron chi connectivity index (χ2n) is 3.36. The molecule has 0 spiro atoms. The van der Waals surface area contributed by atoms with Crippen molar-refractivity contribution in [2.45, 2.75) is 32.8 Å². The first-order chi connectivity index (χ1) is 6.13. The molecule has 0 saturated carbocycles. The minimum atomic E-state index is -0.194. The van der Waals surface area contributed by atoms with E-state index in [1.165, 1.54) is 4.88 Å². The highest BCUT2D eigenvalue weighted by atomic mass is 35.5. The number of halogens is 1. The predicted molar refractivity (Wildman–Crippen MR) is 58.5 cm³/mol. The van der Waals surface area contributed by atoms with Crippen LogP contribution in [0.2, 0.25) is 4.34 Å². The first-order valence-electron chi connectivity index (χ1n) is 4.55. The molecule has 0 aromatic carbocycles. The second kappa shape index (κ2) is 4.99. The van der Waals surface area contributed by atoms with Gasteiger partial charge in [0.25, 0.3) is 0 Å². The van der Waals surface area contributed by atoms with Gasteiger partial charge in [-0.1, -0.05) is 25.4 Å². The summed E-state index contributed by atoms with van der Waals surface area (Å²) >= 11 is 7.41. The maximum atomic E-state index is 9.57. The van der Waals surface area contributed by atoms with E-state index in [9.17, 15) is 5.11 Å². The van der Waals surface area contributed by atoms with Gasteiger partial charge < -0.3 is 5.11 Å². The van der Waals surface area contributed by atoms with E-state index in [2.05, 4.69) is 6.92 Å². The van der Waals surface area contributed by atoms with Crippen LogP contribution in [0.1, 0.15) is 25.1 Å². The molecule has 1 N–H and O–H groups in total. The van der Waals surface area contributed by atoms with Crippen molar-refractivity contribution in [3.05, 3.63) is 21.3 Å². The van der Waals surface area contributed by atoms with E-state index in [1.54, 1.807) is 11.3 Å². The first kappa shape index (κ1) is 11.0. The van der Waals surface area contributed by atoms with Gasteiger partial charge in [-0.25, -0.2) is 0 Å². The lowest BCUT2D eigenvalue weighted by Gasteiger charge is -2.15. The lowest BCUT2D eigenvalue weighted by atomic mass is 9.98. The van der Waals surface area contributed by atoms with Gasteiger partial charge in [0, 0.05) is 4.88 Å². The minimum Gasteiger partial charge on any atom is -0.393 e. The molecule has 2 atom stereocenters. The van der Waals surface area contributed by atoms with Gasteiger partial charge in [0.05, 0.1) is 10.4 Å². The standard InChI is InChI=1S/C10H15ClOS/c1-3-9(12)7(2)6-8-4-5-10(11)13-8/h4-5,7,9,12H,3,6H2,1-2H3. The first-order valence-corrected chi connectivity index (χ1v) is 5.75. The molecule has 74 valence electrons. The molecule has 1 heterocycles. The minimum absolute atomic E-state index is 0.194. The number of aliphatic hydroxyl groups excluding tert-OH is 1. The molecule has 0 aliphatic heterocycles. The average molecular weight is 219 g/mol. The van der Waals surface area contributed by atoms with Gasteiger partial charge in [0.1, 0.15) is 0 Å². The molecule has 0 fully saturated rings. The van der Waals surface area contributed by atoms with E-state index in [0.29, 0.717) is 5.92 Å². The van der Waals surface area contributed by atoms with Crippen LogP contribution in [0.3, 0.4) is 0 Å². The Balaban J connectivity index is 2.49. The third-order valence-corrected chi connectivity index (χ3v) is 3.48. The summed E-state index contributed by atoms with van der Waals surface area (Å²) in [6, 6.07) is 3.94. The molecule has 1 rings (SSSR count). The summed E-state index contributed by atoms with van der Waals surface area (Å²) in [5.41, 5.74) is 0. The van der Waals surface area contributed by atoms with Crippen molar-refractivity contribution >= 4 is 22.9 Å². The molecule has 3 heteroatoms. The van der Waals surface area contributed by atoms with Crippen molar-refractivity contribution in [2.75, 3.05) is 0 Å². The lowest BCUT2D eigenvalue weighted by molar-refractivity contribution is 0.113. The zero-order chi connectivity index (χ0) is 9.84. The highest BCUT2D eigenvalue weighted by molar-refractivity contribution is 7.16. The van der Waals surface area contributed by atoms with Crippen molar-refractivity contribution < 1.29 is 5.11 Å². The molecule has 2 unspecified atom stereocenters.